The quantitative estimate of drug-likeness (QED) is 0.734. The minimum atomic E-state index is 0. The zero-order chi connectivity index (χ0) is 16.9. The number of aryl methyl sites for hydroxylation is 1. The number of hydrogen-bond acceptors (Lipinski definition) is 2. The molecule has 138 valence electrons. The van der Waals surface area contributed by atoms with Crippen LogP contribution in [-0.4, -0.2) is 30.5 Å². The number of amides is 1. The summed E-state index contributed by atoms with van der Waals surface area (Å²) in [6.07, 6.45) is 6.06. The first-order valence-corrected chi connectivity index (χ1v) is 9.18. The van der Waals surface area contributed by atoms with Crippen molar-refractivity contribution in [3.05, 3.63) is 35.5 Å². The SMILES string of the molecule is Cc1cccc2c(CCNC(=O)CC(C)C3CCCNC3)c[nH]c12.Cl. The molecular weight excluding hydrogens is 334 g/mol. The summed E-state index contributed by atoms with van der Waals surface area (Å²) < 4.78 is 0. The molecule has 2 atom stereocenters. The Kier molecular flexibility index (Phi) is 7.33. The van der Waals surface area contributed by atoms with E-state index >= 15 is 0 Å². The van der Waals surface area contributed by atoms with Crippen LogP contribution in [0.1, 0.15) is 37.3 Å². The number of aromatic amines is 1. The van der Waals surface area contributed by atoms with Crippen LogP contribution in [0.4, 0.5) is 0 Å². The van der Waals surface area contributed by atoms with Gasteiger partial charge in [0.1, 0.15) is 0 Å². The van der Waals surface area contributed by atoms with E-state index in [1.165, 1.54) is 34.9 Å². The lowest BCUT2D eigenvalue weighted by Gasteiger charge is -2.28. The molecule has 2 unspecified atom stereocenters. The Morgan fingerprint density at radius 1 is 1.40 bits per heavy atom. The molecule has 2 aromatic rings. The highest BCUT2D eigenvalue weighted by atomic mass is 35.5. The fraction of sp³-hybridized carbons (Fsp3) is 0.550. The number of para-hydroxylation sites is 1. The normalized spacial score (nSPS) is 18.6. The molecule has 0 saturated carbocycles. The van der Waals surface area contributed by atoms with Crippen LogP contribution in [0.2, 0.25) is 0 Å². The maximum absolute atomic E-state index is 12.2. The topological polar surface area (TPSA) is 56.9 Å². The minimum absolute atomic E-state index is 0. The number of nitrogens with one attached hydrogen (secondary N) is 3. The maximum Gasteiger partial charge on any atom is 0.220 e. The number of fused-ring (bicyclic) bond motifs is 1. The number of hydrogen-bond donors (Lipinski definition) is 3. The second-order valence-corrected chi connectivity index (χ2v) is 7.20. The first-order chi connectivity index (χ1) is 11.6. The second kappa shape index (κ2) is 9.25. The summed E-state index contributed by atoms with van der Waals surface area (Å²) >= 11 is 0. The van der Waals surface area contributed by atoms with E-state index in [-0.39, 0.29) is 18.3 Å². The number of aromatic nitrogens is 1. The van der Waals surface area contributed by atoms with Crippen LogP contribution in [0.25, 0.3) is 10.9 Å². The van der Waals surface area contributed by atoms with Gasteiger partial charge in [0.15, 0.2) is 0 Å². The van der Waals surface area contributed by atoms with E-state index in [0.29, 0.717) is 24.8 Å². The van der Waals surface area contributed by atoms with E-state index in [4.69, 9.17) is 0 Å². The van der Waals surface area contributed by atoms with Crippen molar-refractivity contribution in [3.63, 3.8) is 0 Å². The highest BCUT2D eigenvalue weighted by Crippen LogP contribution is 2.23. The molecule has 1 aliphatic rings. The van der Waals surface area contributed by atoms with Crippen molar-refractivity contribution in [2.75, 3.05) is 19.6 Å². The van der Waals surface area contributed by atoms with E-state index in [1.807, 2.05) is 0 Å². The standard InChI is InChI=1S/C20H29N3O.ClH/c1-14-5-3-7-18-17(13-23-20(14)18)8-10-22-19(24)11-15(2)16-6-4-9-21-12-16;/h3,5,7,13,15-16,21,23H,4,6,8-12H2,1-2H3,(H,22,24);1H. The first kappa shape index (κ1) is 19.8. The average molecular weight is 364 g/mol. The summed E-state index contributed by atoms with van der Waals surface area (Å²) in [5, 5.41) is 7.80. The number of carbonyl (C=O) groups is 1. The highest BCUT2D eigenvalue weighted by Gasteiger charge is 2.21. The molecule has 3 rings (SSSR count). The van der Waals surface area contributed by atoms with Crippen molar-refractivity contribution in [1.82, 2.24) is 15.6 Å². The Hall–Kier alpha value is -1.52. The van der Waals surface area contributed by atoms with Gasteiger partial charge in [-0.1, -0.05) is 25.1 Å². The molecule has 0 spiro atoms. The molecule has 0 bridgehead atoms. The summed E-state index contributed by atoms with van der Waals surface area (Å²) in [5.74, 6) is 1.28. The Labute approximate surface area is 156 Å². The molecule has 5 heteroatoms. The van der Waals surface area contributed by atoms with Crippen LogP contribution in [0.15, 0.2) is 24.4 Å². The van der Waals surface area contributed by atoms with Crippen LogP contribution in [0.3, 0.4) is 0 Å². The van der Waals surface area contributed by atoms with Crippen molar-refractivity contribution >= 4 is 29.2 Å². The van der Waals surface area contributed by atoms with E-state index in [2.05, 4.69) is 53.9 Å². The van der Waals surface area contributed by atoms with Gasteiger partial charge < -0.3 is 15.6 Å². The first-order valence-electron chi connectivity index (χ1n) is 9.18. The monoisotopic (exact) mass is 363 g/mol. The maximum atomic E-state index is 12.2. The largest absolute Gasteiger partial charge is 0.361 e. The van der Waals surface area contributed by atoms with E-state index in [9.17, 15) is 4.79 Å². The van der Waals surface area contributed by atoms with Gasteiger partial charge in [-0.15, -0.1) is 12.4 Å². The molecule has 2 heterocycles. The van der Waals surface area contributed by atoms with Gasteiger partial charge in [0.2, 0.25) is 5.91 Å². The molecule has 3 N–H and O–H groups in total. The van der Waals surface area contributed by atoms with E-state index < -0.39 is 0 Å². The van der Waals surface area contributed by atoms with Gasteiger partial charge in [0.05, 0.1) is 0 Å². The summed E-state index contributed by atoms with van der Waals surface area (Å²) in [5.41, 5.74) is 3.74. The number of rotatable bonds is 6. The molecule has 1 aliphatic heterocycles. The zero-order valence-corrected chi connectivity index (χ0v) is 16.0. The molecule has 1 fully saturated rings. The minimum Gasteiger partial charge on any atom is -0.361 e. The lowest BCUT2D eigenvalue weighted by Crippen LogP contribution is -2.36. The Morgan fingerprint density at radius 2 is 2.24 bits per heavy atom. The fourth-order valence-corrected chi connectivity index (χ4v) is 3.80. The third-order valence-electron chi connectivity index (χ3n) is 5.37. The van der Waals surface area contributed by atoms with Gasteiger partial charge in [-0.2, -0.15) is 0 Å². The number of piperidine rings is 1. The van der Waals surface area contributed by atoms with Gasteiger partial charge >= 0.3 is 0 Å². The number of carbonyl (C=O) groups excluding carboxylic acids is 1. The second-order valence-electron chi connectivity index (χ2n) is 7.20. The Bertz CT molecular complexity index is 691. The van der Waals surface area contributed by atoms with Crippen LogP contribution in [0.5, 0.6) is 0 Å². The number of benzene rings is 1. The van der Waals surface area contributed by atoms with Gasteiger partial charge in [0.25, 0.3) is 0 Å². The molecule has 25 heavy (non-hydrogen) atoms. The molecule has 4 nitrogen and oxygen atoms in total. The predicted molar refractivity (Wildman–Crippen MR) is 106 cm³/mol. The smallest absolute Gasteiger partial charge is 0.220 e. The third kappa shape index (κ3) is 4.99. The molecular formula is C20H30ClN3O. The van der Waals surface area contributed by atoms with Crippen LogP contribution < -0.4 is 10.6 Å². The van der Waals surface area contributed by atoms with Crippen molar-refractivity contribution in [2.24, 2.45) is 11.8 Å². The molecule has 1 saturated heterocycles. The molecule has 1 amide bonds. The van der Waals surface area contributed by atoms with Gasteiger partial charge in [-0.05, 0) is 62.2 Å². The Balaban J connectivity index is 0.00000225. The van der Waals surface area contributed by atoms with Crippen LogP contribution in [-0.2, 0) is 11.2 Å². The Morgan fingerprint density at radius 3 is 3.00 bits per heavy atom. The van der Waals surface area contributed by atoms with Crippen LogP contribution >= 0.6 is 12.4 Å². The van der Waals surface area contributed by atoms with Crippen LogP contribution in [0, 0.1) is 18.8 Å². The summed E-state index contributed by atoms with van der Waals surface area (Å²) in [6.45, 7) is 7.21. The van der Waals surface area contributed by atoms with Crippen molar-refractivity contribution < 1.29 is 4.79 Å². The molecule has 0 radical (unpaired) electrons. The van der Waals surface area contributed by atoms with Gasteiger partial charge in [-0.25, -0.2) is 0 Å². The highest BCUT2D eigenvalue weighted by molar-refractivity contribution is 5.86. The average Bonchev–Trinajstić information content (AvgIpc) is 3.00. The van der Waals surface area contributed by atoms with E-state index in [0.717, 1.165) is 19.5 Å². The number of halogens is 1. The van der Waals surface area contributed by atoms with E-state index in [1.54, 1.807) is 0 Å². The van der Waals surface area contributed by atoms with Crippen molar-refractivity contribution in [1.29, 1.82) is 0 Å². The molecule has 1 aromatic heterocycles. The predicted octanol–water partition coefficient (Wildman–Crippen LogP) is 3.58. The molecule has 1 aromatic carbocycles. The fourth-order valence-electron chi connectivity index (χ4n) is 3.80. The lowest BCUT2D eigenvalue weighted by atomic mass is 9.85. The zero-order valence-electron chi connectivity index (χ0n) is 15.2. The third-order valence-corrected chi connectivity index (χ3v) is 5.37. The number of H-pyrrole nitrogens is 1. The summed E-state index contributed by atoms with van der Waals surface area (Å²) in [7, 11) is 0. The summed E-state index contributed by atoms with van der Waals surface area (Å²) in [6, 6.07) is 6.35. The van der Waals surface area contributed by atoms with Gasteiger partial charge in [-0.3, -0.25) is 4.79 Å². The van der Waals surface area contributed by atoms with Crippen molar-refractivity contribution in [2.45, 2.75) is 39.5 Å². The summed E-state index contributed by atoms with van der Waals surface area (Å²) in [4.78, 5) is 15.6. The molecule has 0 aliphatic carbocycles. The van der Waals surface area contributed by atoms with Gasteiger partial charge in [0, 0.05) is 30.1 Å². The van der Waals surface area contributed by atoms with Crippen molar-refractivity contribution in [3.8, 4) is 0 Å². The lowest BCUT2D eigenvalue weighted by molar-refractivity contribution is -0.122.